The summed E-state index contributed by atoms with van der Waals surface area (Å²) in [6.45, 7) is 1.39. The number of amides is 1. The van der Waals surface area contributed by atoms with E-state index in [-0.39, 0.29) is 23.9 Å². The quantitative estimate of drug-likeness (QED) is 0.789. The van der Waals surface area contributed by atoms with E-state index >= 15 is 0 Å². The molecule has 28 heavy (non-hydrogen) atoms. The Bertz CT molecular complexity index is 927. The smallest absolute Gasteiger partial charge is 0.285 e. The molecule has 2 aromatic rings. The third-order valence-corrected chi connectivity index (χ3v) is 6.98. The van der Waals surface area contributed by atoms with Crippen LogP contribution in [0.5, 0.6) is 0 Å². The Hall–Kier alpha value is -2.29. The highest BCUT2D eigenvalue weighted by molar-refractivity contribution is 7.89. The first kappa shape index (κ1) is 20.4. The van der Waals surface area contributed by atoms with E-state index in [0.29, 0.717) is 13.1 Å². The highest BCUT2D eigenvalue weighted by Gasteiger charge is 2.38. The number of hydrogen-bond acceptors (Lipinski definition) is 3. The number of hydrogen-bond donors (Lipinski definition) is 1. The predicted octanol–water partition coefficient (Wildman–Crippen LogP) is 0.544. The lowest BCUT2D eigenvalue weighted by Crippen LogP contribution is -3.16. The van der Waals surface area contributed by atoms with Crippen LogP contribution in [0.3, 0.4) is 0 Å². The molecule has 1 saturated heterocycles. The van der Waals surface area contributed by atoms with Crippen molar-refractivity contribution in [1.29, 1.82) is 0 Å². The van der Waals surface area contributed by atoms with E-state index in [2.05, 4.69) is 0 Å². The molecule has 1 fully saturated rings. The topological polar surface area (TPSA) is 62.1 Å². The summed E-state index contributed by atoms with van der Waals surface area (Å²) in [4.78, 5) is 15.1. The van der Waals surface area contributed by atoms with E-state index in [1.165, 1.54) is 22.5 Å². The van der Waals surface area contributed by atoms with Crippen LogP contribution in [0.25, 0.3) is 0 Å². The van der Waals surface area contributed by atoms with Gasteiger partial charge in [0.15, 0.2) is 6.04 Å². The summed E-state index contributed by atoms with van der Waals surface area (Å²) in [6, 6.07) is 14.5. The number of piperazine rings is 1. The molecule has 0 saturated carbocycles. The Morgan fingerprint density at radius 3 is 2.18 bits per heavy atom. The number of carbonyl (C=O) groups excluding carboxylic acids is 1. The maximum atomic E-state index is 14.0. The molecule has 1 atom stereocenters. The van der Waals surface area contributed by atoms with Gasteiger partial charge in [0.1, 0.15) is 10.7 Å². The van der Waals surface area contributed by atoms with Gasteiger partial charge in [-0.05, 0) is 12.1 Å². The van der Waals surface area contributed by atoms with Gasteiger partial charge in [0.05, 0.1) is 26.2 Å². The van der Waals surface area contributed by atoms with Crippen LogP contribution in [0.15, 0.2) is 59.5 Å². The van der Waals surface area contributed by atoms with Crippen molar-refractivity contribution in [2.24, 2.45) is 0 Å². The van der Waals surface area contributed by atoms with Crippen LogP contribution in [0.4, 0.5) is 4.39 Å². The van der Waals surface area contributed by atoms with E-state index in [4.69, 9.17) is 0 Å². The minimum atomic E-state index is -3.89. The van der Waals surface area contributed by atoms with Crippen molar-refractivity contribution in [2.75, 3.05) is 40.3 Å². The van der Waals surface area contributed by atoms with E-state index < -0.39 is 21.9 Å². The van der Waals surface area contributed by atoms with Gasteiger partial charge < -0.3 is 9.80 Å². The molecule has 1 amide bonds. The number of carbonyl (C=O) groups is 1. The molecule has 0 radical (unpaired) electrons. The molecule has 0 bridgehead atoms. The first-order valence-electron chi connectivity index (χ1n) is 9.17. The molecule has 0 unspecified atom stereocenters. The summed E-state index contributed by atoms with van der Waals surface area (Å²) in [5, 5.41) is 0. The van der Waals surface area contributed by atoms with Crippen LogP contribution in [0, 0.1) is 5.82 Å². The molecule has 150 valence electrons. The Labute approximate surface area is 165 Å². The van der Waals surface area contributed by atoms with Crippen molar-refractivity contribution < 1.29 is 22.5 Å². The summed E-state index contributed by atoms with van der Waals surface area (Å²) < 4.78 is 40.9. The van der Waals surface area contributed by atoms with Crippen LogP contribution < -0.4 is 4.90 Å². The van der Waals surface area contributed by atoms with Crippen LogP contribution in [-0.2, 0) is 14.8 Å². The molecule has 1 aliphatic rings. The largest absolute Gasteiger partial charge is 0.343 e. The molecule has 8 heteroatoms. The summed E-state index contributed by atoms with van der Waals surface area (Å²) in [7, 11) is -0.456. The second kappa shape index (κ2) is 8.38. The molecule has 0 aliphatic carbocycles. The third kappa shape index (κ3) is 4.09. The summed E-state index contributed by atoms with van der Waals surface area (Å²) >= 11 is 0. The standard InChI is InChI=1S/C20H24FN3O3S/c1-22(2)20(25)19(16-8-4-3-5-9-16)23-12-14-24(15-13-23)28(26,27)18-11-7-6-10-17(18)21/h3-11,19H,12-15H2,1-2H3/p+1/t19-/m0/s1. The van der Waals surface area contributed by atoms with Gasteiger partial charge in [0.25, 0.3) is 5.91 Å². The van der Waals surface area contributed by atoms with E-state index in [9.17, 15) is 17.6 Å². The van der Waals surface area contributed by atoms with Gasteiger partial charge in [0, 0.05) is 19.7 Å². The summed E-state index contributed by atoms with van der Waals surface area (Å²) in [5.41, 5.74) is 0.904. The molecule has 6 nitrogen and oxygen atoms in total. The van der Waals surface area contributed by atoms with Crippen LogP contribution >= 0.6 is 0 Å². The monoisotopic (exact) mass is 406 g/mol. The average Bonchev–Trinajstić information content (AvgIpc) is 2.69. The zero-order valence-electron chi connectivity index (χ0n) is 16.0. The van der Waals surface area contributed by atoms with Gasteiger partial charge in [-0.1, -0.05) is 42.5 Å². The van der Waals surface area contributed by atoms with E-state index in [1.807, 2.05) is 30.3 Å². The van der Waals surface area contributed by atoms with Crippen molar-refractivity contribution in [1.82, 2.24) is 9.21 Å². The summed E-state index contributed by atoms with van der Waals surface area (Å²) in [5.74, 6) is -0.770. The van der Waals surface area contributed by atoms with Gasteiger partial charge in [-0.3, -0.25) is 4.79 Å². The van der Waals surface area contributed by atoms with Crippen molar-refractivity contribution in [3.05, 3.63) is 66.0 Å². The van der Waals surface area contributed by atoms with Crippen molar-refractivity contribution in [3.63, 3.8) is 0 Å². The minimum absolute atomic E-state index is 0.0217. The fraction of sp³-hybridized carbons (Fsp3) is 0.350. The lowest BCUT2D eigenvalue weighted by atomic mass is 10.0. The Kier molecular flexibility index (Phi) is 6.12. The maximum absolute atomic E-state index is 14.0. The number of rotatable bonds is 5. The third-order valence-electron chi connectivity index (χ3n) is 5.05. The SMILES string of the molecule is CN(C)C(=O)[C@H](c1ccccc1)[NH+]1CCN(S(=O)(=O)c2ccccc2F)CC1. The molecule has 1 heterocycles. The molecule has 2 aromatic carbocycles. The summed E-state index contributed by atoms with van der Waals surface area (Å²) in [6.07, 6.45) is 0. The van der Waals surface area contributed by atoms with Gasteiger partial charge in [0.2, 0.25) is 10.0 Å². The fourth-order valence-corrected chi connectivity index (χ4v) is 5.06. The minimum Gasteiger partial charge on any atom is -0.343 e. The zero-order valence-corrected chi connectivity index (χ0v) is 16.8. The van der Waals surface area contributed by atoms with Crippen molar-refractivity contribution in [3.8, 4) is 0 Å². The Morgan fingerprint density at radius 2 is 1.61 bits per heavy atom. The fourth-order valence-electron chi connectivity index (χ4n) is 3.55. The maximum Gasteiger partial charge on any atom is 0.285 e. The number of benzene rings is 2. The highest BCUT2D eigenvalue weighted by Crippen LogP contribution is 2.19. The first-order valence-corrected chi connectivity index (χ1v) is 10.6. The number of sulfonamides is 1. The predicted molar refractivity (Wildman–Crippen MR) is 104 cm³/mol. The number of halogens is 1. The highest BCUT2D eigenvalue weighted by atomic mass is 32.2. The molecule has 1 N–H and O–H groups in total. The van der Waals surface area contributed by atoms with Gasteiger partial charge >= 0.3 is 0 Å². The average molecular weight is 407 g/mol. The molecule has 0 spiro atoms. The first-order chi connectivity index (χ1) is 13.3. The molecular weight excluding hydrogens is 381 g/mol. The van der Waals surface area contributed by atoms with Crippen LogP contribution in [-0.4, -0.2) is 63.8 Å². The Balaban J connectivity index is 1.79. The lowest BCUT2D eigenvalue weighted by Gasteiger charge is -2.36. The molecular formula is C20H25FN3O3S+. The number of quaternary nitrogens is 1. The van der Waals surface area contributed by atoms with Crippen molar-refractivity contribution in [2.45, 2.75) is 10.9 Å². The van der Waals surface area contributed by atoms with Gasteiger partial charge in [-0.2, -0.15) is 4.31 Å². The van der Waals surface area contributed by atoms with E-state index in [1.54, 1.807) is 19.0 Å². The lowest BCUT2D eigenvalue weighted by molar-refractivity contribution is -0.925. The number of likely N-dealkylation sites (N-methyl/N-ethyl adjacent to an activating group) is 1. The van der Waals surface area contributed by atoms with Gasteiger partial charge in [-0.25, -0.2) is 12.8 Å². The number of nitrogens with zero attached hydrogens (tertiary/aromatic N) is 2. The molecule has 1 aliphatic heterocycles. The second-order valence-corrected chi connectivity index (χ2v) is 8.98. The van der Waals surface area contributed by atoms with Crippen molar-refractivity contribution >= 4 is 15.9 Å². The second-order valence-electron chi connectivity index (χ2n) is 7.07. The molecule has 3 rings (SSSR count). The zero-order chi connectivity index (χ0) is 20.3. The van der Waals surface area contributed by atoms with E-state index in [0.717, 1.165) is 16.5 Å². The van der Waals surface area contributed by atoms with Gasteiger partial charge in [-0.15, -0.1) is 0 Å². The Morgan fingerprint density at radius 1 is 1.04 bits per heavy atom. The normalized spacial score (nSPS) is 17.2. The van der Waals surface area contributed by atoms with Crippen LogP contribution in [0.1, 0.15) is 11.6 Å². The number of nitrogens with one attached hydrogen (secondary N) is 1. The molecule has 0 aromatic heterocycles. The van der Waals surface area contributed by atoms with Crippen LogP contribution in [0.2, 0.25) is 0 Å².